The Morgan fingerprint density at radius 2 is 2.06 bits per heavy atom. The molecule has 0 atom stereocenters. The molecule has 1 amide bonds. The lowest BCUT2D eigenvalue weighted by molar-refractivity contribution is -0.123. The minimum Gasteiger partial charge on any atom is -0.355 e. The average molecular weight is 251 g/mol. The minimum atomic E-state index is 0.0800. The monoisotopic (exact) mass is 251 g/mol. The molecule has 1 aromatic carbocycles. The van der Waals surface area contributed by atoms with Crippen molar-refractivity contribution >= 4 is 17.7 Å². The highest BCUT2D eigenvalue weighted by molar-refractivity contribution is 7.98. The first-order valence-corrected chi connectivity index (χ1v) is 7.16. The number of hydrogen-bond donors (Lipinski definition) is 1. The Labute approximate surface area is 108 Å². The molecule has 0 saturated carbocycles. The summed E-state index contributed by atoms with van der Waals surface area (Å²) in [6.07, 6.45) is 0. The maximum absolute atomic E-state index is 11.3. The van der Waals surface area contributed by atoms with E-state index in [0.29, 0.717) is 0 Å². The number of carbonyl (C=O) groups excluding carboxylic acids is 1. The molecule has 0 spiro atoms. The van der Waals surface area contributed by atoms with Gasteiger partial charge in [-0.2, -0.15) is 11.8 Å². The molecule has 0 aliphatic carbocycles. The van der Waals surface area contributed by atoms with E-state index in [9.17, 15) is 4.79 Å². The molecule has 1 N–H and O–H groups in total. The van der Waals surface area contributed by atoms with E-state index in [1.165, 1.54) is 11.1 Å². The Morgan fingerprint density at radius 1 is 1.35 bits per heavy atom. The van der Waals surface area contributed by atoms with Crippen LogP contribution in [-0.4, -0.2) is 18.2 Å². The lowest BCUT2D eigenvalue weighted by Crippen LogP contribution is -2.29. The second-order valence-electron chi connectivity index (χ2n) is 4.42. The predicted molar refractivity (Wildman–Crippen MR) is 75.2 cm³/mol. The molecule has 94 valence electrons. The number of thioether (sulfide) groups is 1. The van der Waals surface area contributed by atoms with Gasteiger partial charge in [0, 0.05) is 24.0 Å². The Balaban J connectivity index is 2.17. The summed E-state index contributed by atoms with van der Waals surface area (Å²) in [5.74, 6) is 2.20. The fourth-order valence-corrected chi connectivity index (χ4v) is 2.34. The number of rotatable bonds is 6. The molecule has 0 bridgehead atoms. The summed E-state index contributed by atoms with van der Waals surface area (Å²) in [7, 11) is 0. The van der Waals surface area contributed by atoms with E-state index in [4.69, 9.17) is 0 Å². The normalized spacial score (nSPS) is 10.6. The fourth-order valence-electron chi connectivity index (χ4n) is 1.40. The number of benzene rings is 1. The van der Waals surface area contributed by atoms with Crippen molar-refractivity contribution in [3.63, 3.8) is 0 Å². The third kappa shape index (κ3) is 5.26. The molecule has 0 aliphatic rings. The molecule has 0 fully saturated rings. The first kappa shape index (κ1) is 14.1. The van der Waals surface area contributed by atoms with E-state index >= 15 is 0 Å². The van der Waals surface area contributed by atoms with Crippen molar-refractivity contribution in [3.05, 3.63) is 35.4 Å². The number of amides is 1. The topological polar surface area (TPSA) is 29.1 Å². The van der Waals surface area contributed by atoms with Gasteiger partial charge in [0.2, 0.25) is 5.91 Å². The van der Waals surface area contributed by atoms with Gasteiger partial charge in [-0.1, -0.05) is 38.1 Å². The molecule has 0 saturated heterocycles. The highest BCUT2D eigenvalue weighted by Crippen LogP contribution is 2.15. The van der Waals surface area contributed by atoms with Gasteiger partial charge in [0.05, 0.1) is 0 Å². The molecule has 3 heteroatoms. The van der Waals surface area contributed by atoms with Crippen LogP contribution in [-0.2, 0) is 10.5 Å². The van der Waals surface area contributed by atoms with Gasteiger partial charge in [0.25, 0.3) is 0 Å². The zero-order chi connectivity index (χ0) is 12.7. The van der Waals surface area contributed by atoms with Crippen LogP contribution in [0.5, 0.6) is 0 Å². The molecule has 0 aromatic heterocycles. The van der Waals surface area contributed by atoms with Crippen molar-refractivity contribution in [2.75, 3.05) is 12.3 Å². The van der Waals surface area contributed by atoms with E-state index in [-0.39, 0.29) is 11.8 Å². The Bertz CT molecular complexity index is 363. The van der Waals surface area contributed by atoms with Crippen molar-refractivity contribution < 1.29 is 4.79 Å². The number of carbonyl (C=O) groups is 1. The molecule has 0 unspecified atom stereocenters. The predicted octanol–water partition coefficient (Wildman–Crippen LogP) is 3.00. The Hall–Kier alpha value is -0.960. The molecule has 0 radical (unpaired) electrons. The van der Waals surface area contributed by atoms with Gasteiger partial charge in [-0.25, -0.2) is 0 Å². The largest absolute Gasteiger partial charge is 0.355 e. The van der Waals surface area contributed by atoms with E-state index in [0.717, 1.165) is 18.1 Å². The summed E-state index contributed by atoms with van der Waals surface area (Å²) in [4.78, 5) is 11.3. The Morgan fingerprint density at radius 3 is 2.71 bits per heavy atom. The zero-order valence-electron chi connectivity index (χ0n) is 10.8. The summed E-state index contributed by atoms with van der Waals surface area (Å²) in [5, 5.41) is 2.92. The lowest BCUT2D eigenvalue weighted by atomic mass is 10.1. The highest BCUT2D eigenvalue weighted by Gasteiger charge is 2.04. The van der Waals surface area contributed by atoms with Gasteiger partial charge in [-0.05, 0) is 18.1 Å². The van der Waals surface area contributed by atoms with Gasteiger partial charge in [0.15, 0.2) is 0 Å². The molecule has 1 aromatic rings. The maximum atomic E-state index is 11.3. The van der Waals surface area contributed by atoms with Crippen LogP contribution in [0.2, 0.25) is 0 Å². The van der Waals surface area contributed by atoms with Gasteiger partial charge in [0.1, 0.15) is 0 Å². The average Bonchev–Trinajstić information content (AvgIpc) is 2.30. The van der Waals surface area contributed by atoms with Crippen LogP contribution in [0.3, 0.4) is 0 Å². The van der Waals surface area contributed by atoms with Crippen LogP contribution in [0, 0.1) is 12.8 Å². The maximum Gasteiger partial charge on any atom is 0.222 e. The van der Waals surface area contributed by atoms with Crippen LogP contribution < -0.4 is 5.32 Å². The van der Waals surface area contributed by atoms with Crippen molar-refractivity contribution in [1.29, 1.82) is 0 Å². The number of aryl methyl sites for hydroxylation is 1. The molecule has 0 aliphatic heterocycles. The standard InChI is InChI=1S/C14H21NOS/c1-11(2)14(16)15-8-9-17-10-13-7-5-4-6-12(13)3/h4-7,11H,8-10H2,1-3H3,(H,15,16). The van der Waals surface area contributed by atoms with E-state index < -0.39 is 0 Å². The lowest BCUT2D eigenvalue weighted by Gasteiger charge is -2.08. The minimum absolute atomic E-state index is 0.0800. The van der Waals surface area contributed by atoms with Crippen LogP contribution in [0.4, 0.5) is 0 Å². The summed E-state index contributed by atoms with van der Waals surface area (Å²) in [6, 6.07) is 8.43. The second kappa shape index (κ2) is 7.38. The molecule has 17 heavy (non-hydrogen) atoms. The van der Waals surface area contributed by atoms with Gasteiger partial charge < -0.3 is 5.32 Å². The van der Waals surface area contributed by atoms with Crippen LogP contribution in [0.1, 0.15) is 25.0 Å². The molecule has 0 heterocycles. The third-order valence-corrected chi connectivity index (χ3v) is 3.60. The van der Waals surface area contributed by atoms with Crippen LogP contribution in [0.25, 0.3) is 0 Å². The third-order valence-electron chi connectivity index (χ3n) is 2.59. The Kier molecular flexibility index (Phi) is 6.12. The van der Waals surface area contributed by atoms with Crippen molar-refractivity contribution in [3.8, 4) is 0 Å². The van der Waals surface area contributed by atoms with Crippen LogP contribution in [0.15, 0.2) is 24.3 Å². The fraction of sp³-hybridized carbons (Fsp3) is 0.500. The van der Waals surface area contributed by atoms with Crippen molar-refractivity contribution in [2.45, 2.75) is 26.5 Å². The second-order valence-corrected chi connectivity index (χ2v) is 5.53. The highest BCUT2D eigenvalue weighted by atomic mass is 32.2. The quantitative estimate of drug-likeness (QED) is 0.788. The number of hydrogen-bond acceptors (Lipinski definition) is 2. The van der Waals surface area contributed by atoms with Gasteiger partial charge >= 0.3 is 0 Å². The molecule has 2 nitrogen and oxygen atoms in total. The first-order valence-electron chi connectivity index (χ1n) is 6.01. The SMILES string of the molecule is Cc1ccccc1CSCCNC(=O)C(C)C. The van der Waals surface area contributed by atoms with Crippen molar-refractivity contribution in [2.24, 2.45) is 5.92 Å². The van der Waals surface area contributed by atoms with Gasteiger partial charge in [-0.15, -0.1) is 0 Å². The van der Waals surface area contributed by atoms with E-state index in [1.807, 2.05) is 25.6 Å². The first-order chi connectivity index (χ1) is 8.11. The van der Waals surface area contributed by atoms with E-state index in [1.54, 1.807) is 0 Å². The summed E-state index contributed by atoms with van der Waals surface area (Å²) < 4.78 is 0. The van der Waals surface area contributed by atoms with E-state index in [2.05, 4.69) is 36.5 Å². The molecular formula is C14H21NOS. The number of nitrogens with one attached hydrogen (secondary N) is 1. The van der Waals surface area contributed by atoms with Crippen LogP contribution >= 0.6 is 11.8 Å². The molecular weight excluding hydrogens is 230 g/mol. The van der Waals surface area contributed by atoms with Gasteiger partial charge in [-0.3, -0.25) is 4.79 Å². The zero-order valence-corrected chi connectivity index (χ0v) is 11.6. The smallest absolute Gasteiger partial charge is 0.222 e. The summed E-state index contributed by atoms with van der Waals surface area (Å²) >= 11 is 1.86. The van der Waals surface area contributed by atoms with Crippen molar-refractivity contribution in [1.82, 2.24) is 5.32 Å². The summed E-state index contributed by atoms with van der Waals surface area (Å²) in [5.41, 5.74) is 2.72. The summed E-state index contributed by atoms with van der Waals surface area (Å²) in [6.45, 7) is 6.72. The molecule has 1 rings (SSSR count).